The molecule has 0 N–H and O–H groups in total. The van der Waals surface area contributed by atoms with Crippen molar-refractivity contribution in [2.75, 3.05) is 13.7 Å². The lowest BCUT2D eigenvalue weighted by atomic mass is 10.3. The van der Waals surface area contributed by atoms with Gasteiger partial charge in [0.05, 0.1) is 16.8 Å². The van der Waals surface area contributed by atoms with Gasteiger partial charge in [-0.1, -0.05) is 11.3 Å². The minimum absolute atomic E-state index is 0.00582. The molecule has 0 fully saturated rings. The fraction of sp³-hybridized carbons (Fsp3) is 0.353. The Bertz CT molecular complexity index is 1020. The second kappa shape index (κ2) is 7.46. The molecular weight excluding hydrogens is 362 g/mol. The molecule has 0 aliphatic carbocycles. The van der Waals surface area contributed by atoms with Gasteiger partial charge in [-0.25, -0.2) is 8.78 Å². The highest BCUT2D eigenvalue weighted by Crippen LogP contribution is 2.22. The van der Waals surface area contributed by atoms with Crippen LogP contribution in [0.15, 0.2) is 29.4 Å². The second-order valence-corrected chi connectivity index (χ2v) is 6.94. The van der Waals surface area contributed by atoms with Crippen LogP contribution in [-0.4, -0.2) is 34.0 Å². The summed E-state index contributed by atoms with van der Waals surface area (Å²) < 4.78 is 36.4. The third-order valence-corrected chi connectivity index (χ3v) is 4.82. The Morgan fingerprint density at radius 2 is 2.15 bits per heavy atom. The molecule has 2 aromatic heterocycles. The summed E-state index contributed by atoms with van der Waals surface area (Å²) in [6.07, 6.45) is 1.53. The van der Waals surface area contributed by atoms with Crippen LogP contribution >= 0.6 is 11.3 Å². The summed E-state index contributed by atoms with van der Waals surface area (Å²) in [6.45, 7) is 4.39. The van der Waals surface area contributed by atoms with Gasteiger partial charge < -0.3 is 9.30 Å². The molecular formula is C17H18F2N4O2S. The average molecular weight is 380 g/mol. The predicted molar refractivity (Wildman–Crippen MR) is 94.1 cm³/mol. The molecule has 1 aromatic carbocycles. The van der Waals surface area contributed by atoms with Crippen molar-refractivity contribution in [1.82, 2.24) is 14.3 Å². The third kappa shape index (κ3) is 3.45. The van der Waals surface area contributed by atoms with Crippen molar-refractivity contribution in [3.63, 3.8) is 0 Å². The van der Waals surface area contributed by atoms with Crippen molar-refractivity contribution < 1.29 is 18.3 Å². The second-order valence-electron chi connectivity index (χ2n) is 5.94. The molecule has 0 spiro atoms. The SMILES string of the molecule is COCCn1c(=NC(=O)c2ccnn2C(C)C)sc2cc(F)cc(F)c21. The summed E-state index contributed by atoms with van der Waals surface area (Å²) in [5.74, 6) is -1.87. The quantitative estimate of drug-likeness (QED) is 0.683. The minimum atomic E-state index is -0.700. The topological polar surface area (TPSA) is 61.4 Å². The Kier molecular flexibility index (Phi) is 5.28. The largest absolute Gasteiger partial charge is 0.383 e. The summed E-state index contributed by atoms with van der Waals surface area (Å²) in [5, 5.41) is 4.12. The number of ether oxygens (including phenoxy) is 1. The maximum absolute atomic E-state index is 14.3. The standard InChI is InChI=1S/C17H18F2N4O2S/c1-10(2)23-13(4-5-20-23)16(24)21-17-22(6-7-25-3)15-12(19)8-11(18)9-14(15)26-17/h4-5,8-10H,6-7H2,1-3H3. The minimum Gasteiger partial charge on any atom is -0.383 e. The molecule has 0 saturated heterocycles. The average Bonchev–Trinajstić information content (AvgIpc) is 3.17. The number of fused-ring (bicyclic) bond motifs is 1. The summed E-state index contributed by atoms with van der Waals surface area (Å²) in [4.78, 5) is 17.0. The number of carbonyl (C=O) groups excluding carboxylic acids is 1. The van der Waals surface area contributed by atoms with E-state index in [1.165, 1.54) is 23.9 Å². The lowest BCUT2D eigenvalue weighted by Gasteiger charge is -2.08. The van der Waals surface area contributed by atoms with E-state index < -0.39 is 17.5 Å². The molecule has 9 heteroatoms. The summed E-state index contributed by atoms with van der Waals surface area (Å²) in [7, 11) is 1.52. The molecule has 0 aliphatic rings. The van der Waals surface area contributed by atoms with Gasteiger partial charge in [-0.05, 0) is 26.0 Å². The molecule has 1 amide bonds. The fourth-order valence-electron chi connectivity index (χ4n) is 2.64. The van der Waals surface area contributed by atoms with Crippen molar-refractivity contribution in [3.05, 3.63) is 46.5 Å². The molecule has 138 valence electrons. The Morgan fingerprint density at radius 1 is 1.38 bits per heavy atom. The van der Waals surface area contributed by atoms with Crippen LogP contribution in [0.5, 0.6) is 0 Å². The summed E-state index contributed by atoms with van der Waals surface area (Å²) >= 11 is 1.05. The van der Waals surface area contributed by atoms with Crippen LogP contribution in [0.4, 0.5) is 8.78 Å². The molecule has 3 rings (SSSR count). The van der Waals surface area contributed by atoms with E-state index in [0.29, 0.717) is 17.0 Å². The van der Waals surface area contributed by atoms with Gasteiger partial charge in [0, 0.05) is 32.0 Å². The van der Waals surface area contributed by atoms with Gasteiger partial charge in [-0.2, -0.15) is 10.1 Å². The number of hydrogen-bond donors (Lipinski definition) is 0. The van der Waals surface area contributed by atoms with Crippen molar-refractivity contribution in [3.8, 4) is 0 Å². The van der Waals surface area contributed by atoms with E-state index >= 15 is 0 Å². The first-order valence-electron chi connectivity index (χ1n) is 8.02. The van der Waals surface area contributed by atoms with Crippen LogP contribution in [0.25, 0.3) is 10.2 Å². The van der Waals surface area contributed by atoms with E-state index in [0.717, 1.165) is 17.4 Å². The van der Waals surface area contributed by atoms with E-state index in [4.69, 9.17) is 4.74 Å². The number of halogens is 2. The van der Waals surface area contributed by atoms with Gasteiger partial charge >= 0.3 is 0 Å². The third-order valence-electron chi connectivity index (χ3n) is 3.79. The molecule has 0 radical (unpaired) electrons. The van der Waals surface area contributed by atoms with Gasteiger partial charge in [0.2, 0.25) is 0 Å². The van der Waals surface area contributed by atoms with Crippen LogP contribution < -0.4 is 4.80 Å². The number of nitrogens with zero attached hydrogens (tertiary/aromatic N) is 4. The molecule has 0 bridgehead atoms. The first-order valence-corrected chi connectivity index (χ1v) is 8.84. The molecule has 2 heterocycles. The van der Waals surface area contributed by atoms with Gasteiger partial charge in [0.25, 0.3) is 5.91 Å². The van der Waals surface area contributed by atoms with Crippen LogP contribution in [0, 0.1) is 11.6 Å². The molecule has 0 saturated carbocycles. The Balaban J connectivity index is 2.16. The van der Waals surface area contributed by atoms with E-state index in [9.17, 15) is 13.6 Å². The number of methoxy groups -OCH3 is 1. The van der Waals surface area contributed by atoms with Gasteiger partial charge in [0.15, 0.2) is 10.6 Å². The van der Waals surface area contributed by atoms with Crippen molar-refractivity contribution in [2.45, 2.75) is 26.4 Å². The zero-order chi connectivity index (χ0) is 18.8. The van der Waals surface area contributed by atoms with Crippen LogP contribution in [0.2, 0.25) is 0 Å². The van der Waals surface area contributed by atoms with E-state index in [-0.39, 0.29) is 22.9 Å². The number of hydrogen-bond acceptors (Lipinski definition) is 4. The van der Waals surface area contributed by atoms with Crippen molar-refractivity contribution in [2.24, 2.45) is 4.99 Å². The predicted octanol–water partition coefficient (Wildman–Crippen LogP) is 3.15. The van der Waals surface area contributed by atoms with E-state index in [2.05, 4.69) is 10.1 Å². The Labute approximate surface area is 152 Å². The molecule has 26 heavy (non-hydrogen) atoms. The van der Waals surface area contributed by atoms with Crippen molar-refractivity contribution in [1.29, 1.82) is 0 Å². The highest BCUT2D eigenvalue weighted by molar-refractivity contribution is 7.16. The Morgan fingerprint density at radius 3 is 2.85 bits per heavy atom. The highest BCUT2D eigenvalue weighted by Gasteiger charge is 2.17. The maximum atomic E-state index is 14.3. The van der Waals surface area contributed by atoms with Gasteiger partial charge in [-0.3, -0.25) is 9.48 Å². The lowest BCUT2D eigenvalue weighted by molar-refractivity contribution is 0.0985. The number of rotatable bonds is 5. The Hall–Kier alpha value is -2.39. The van der Waals surface area contributed by atoms with Crippen molar-refractivity contribution >= 4 is 27.5 Å². The zero-order valence-corrected chi connectivity index (χ0v) is 15.4. The first-order chi connectivity index (χ1) is 12.4. The first kappa shape index (κ1) is 18.4. The normalized spacial score (nSPS) is 12.5. The summed E-state index contributed by atoms with van der Waals surface area (Å²) in [6, 6.07) is 3.62. The molecule has 3 aromatic rings. The van der Waals surface area contributed by atoms with E-state index in [1.54, 1.807) is 10.7 Å². The lowest BCUT2D eigenvalue weighted by Crippen LogP contribution is -2.21. The summed E-state index contributed by atoms with van der Waals surface area (Å²) in [5.41, 5.74) is 0.541. The number of benzene rings is 1. The molecule has 6 nitrogen and oxygen atoms in total. The van der Waals surface area contributed by atoms with Crippen LogP contribution in [0.1, 0.15) is 30.4 Å². The van der Waals surface area contributed by atoms with Gasteiger partial charge in [0.1, 0.15) is 11.5 Å². The van der Waals surface area contributed by atoms with Crippen LogP contribution in [0.3, 0.4) is 0 Å². The maximum Gasteiger partial charge on any atom is 0.297 e. The number of aromatic nitrogens is 3. The molecule has 0 aliphatic heterocycles. The smallest absolute Gasteiger partial charge is 0.297 e. The monoisotopic (exact) mass is 380 g/mol. The van der Waals surface area contributed by atoms with Gasteiger partial charge in [-0.15, -0.1) is 0 Å². The number of amides is 1. The fourth-order valence-corrected chi connectivity index (χ4v) is 3.74. The van der Waals surface area contributed by atoms with E-state index in [1.807, 2.05) is 13.8 Å². The number of thiazole rings is 1. The zero-order valence-electron chi connectivity index (χ0n) is 14.6. The van der Waals surface area contributed by atoms with Crippen LogP contribution in [-0.2, 0) is 11.3 Å². The number of carbonyl (C=O) groups is 1. The molecule has 0 atom stereocenters. The molecule has 0 unspecified atom stereocenters. The highest BCUT2D eigenvalue weighted by atomic mass is 32.1.